The zero-order valence-corrected chi connectivity index (χ0v) is 11.2. The van der Waals surface area contributed by atoms with Gasteiger partial charge in [0.25, 0.3) is 0 Å². The van der Waals surface area contributed by atoms with E-state index >= 15 is 0 Å². The first-order valence-electron chi connectivity index (χ1n) is 5.91. The van der Waals surface area contributed by atoms with Crippen LogP contribution in [0, 0.1) is 11.3 Å². The first-order valence-corrected chi connectivity index (χ1v) is 6.79. The average molecular weight is 261 g/mol. The molecule has 0 fully saturated rings. The van der Waals surface area contributed by atoms with Gasteiger partial charge in [-0.2, -0.15) is 14.9 Å². The van der Waals surface area contributed by atoms with Crippen LogP contribution in [0.4, 0.5) is 5.82 Å². The van der Waals surface area contributed by atoms with Gasteiger partial charge in [0.1, 0.15) is 22.5 Å². The number of nitrogens with zero attached hydrogens (tertiary/aromatic N) is 4. The molecular formula is C12H15N5S. The molecule has 6 heteroatoms. The molecule has 0 aliphatic heterocycles. The minimum atomic E-state index is 0.362. The van der Waals surface area contributed by atoms with Crippen molar-refractivity contribution in [2.75, 3.05) is 5.73 Å². The molecule has 2 rings (SSSR count). The SMILES string of the molecule is CCC(CC)Sc1nc2ccnn2c(N)c1C#N. The van der Waals surface area contributed by atoms with Crippen molar-refractivity contribution in [2.24, 2.45) is 0 Å². The molecule has 0 aliphatic rings. The van der Waals surface area contributed by atoms with Crippen LogP contribution in [-0.2, 0) is 0 Å². The maximum Gasteiger partial charge on any atom is 0.158 e. The molecule has 0 spiro atoms. The van der Waals surface area contributed by atoms with Gasteiger partial charge in [0.2, 0.25) is 0 Å². The van der Waals surface area contributed by atoms with Crippen molar-refractivity contribution in [1.29, 1.82) is 5.26 Å². The van der Waals surface area contributed by atoms with Crippen LogP contribution in [0.5, 0.6) is 0 Å². The summed E-state index contributed by atoms with van der Waals surface area (Å²) in [4.78, 5) is 4.46. The lowest BCUT2D eigenvalue weighted by Crippen LogP contribution is -2.07. The highest BCUT2D eigenvalue weighted by Crippen LogP contribution is 2.31. The predicted molar refractivity (Wildman–Crippen MR) is 72.3 cm³/mol. The highest BCUT2D eigenvalue weighted by molar-refractivity contribution is 7.99. The maximum absolute atomic E-state index is 9.23. The second-order valence-electron chi connectivity index (χ2n) is 3.95. The van der Waals surface area contributed by atoms with Gasteiger partial charge in [0.05, 0.1) is 6.20 Å². The van der Waals surface area contributed by atoms with Crippen LogP contribution in [0.1, 0.15) is 32.3 Å². The maximum atomic E-state index is 9.23. The molecule has 0 aromatic carbocycles. The Hall–Kier alpha value is -1.74. The number of anilines is 1. The molecule has 0 atom stereocenters. The fourth-order valence-electron chi connectivity index (χ4n) is 1.75. The minimum Gasteiger partial charge on any atom is -0.382 e. The van der Waals surface area contributed by atoms with Crippen LogP contribution in [0.2, 0.25) is 0 Å². The van der Waals surface area contributed by atoms with Crippen LogP contribution in [0.15, 0.2) is 17.3 Å². The summed E-state index contributed by atoms with van der Waals surface area (Å²) in [6.45, 7) is 4.27. The molecule has 94 valence electrons. The lowest BCUT2D eigenvalue weighted by Gasteiger charge is -2.13. The van der Waals surface area contributed by atoms with E-state index in [1.807, 2.05) is 0 Å². The number of hydrogen-bond acceptors (Lipinski definition) is 5. The Labute approximate surface area is 110 Å². The summed E-state index contributed by atoms with van der Waals surface area (Å²) in [6.07, 6.45) is 3.71. The molecule has 0 bridgehead atoms. The fraction of sp³-hybridized carbons (Fsp3) is 0.417. The van der Waals surface area contributed by atoms with Gasteiger partial charge in [-0.1, -0.05) is 13.8 Å². The van der Waals surface area contributed by atoms with E-state index in [9.17, 15) is 5.26 Å². The van der Waals surface area contributed by atoms with Crippen molar-refractivity contribution < 1.29 is 0 Å². The topological polar surface area (TPSA) is 80.0 Å². The Morgan fingerprint density at radius 1 is 1.50 bits per heavy atom. The van der Waals surface area contributed by atoms with Gasteiger partial charge in [-0.05, 0) is 12.8 Å². The highest BCUT2D eigenvalue weighted by atomic mass is 32.2. The first kappa shape index (κ1) is 12.7. The molecule has 2 aromatic heterocycles. The molecule has 0 amide bonds. The number of nitrogens with two attached hydrogens (primary N) is 1. The van der Waals surface area contributed by atoms with Crippen molar-refractivity contribution in [3.63, 3.8) is 0 Å². The molecule has 0 aliphatic carbocycles. The van der Waals surface area contributed by atoms with Crippen molar-refractivity contribution >= 4 is 23.2 Å². The van der Waals surface area contributed by atoms with Crippen LogP contribution in [-0.4, -0.2) is 19.8 Å². The molecule has 18 heavy (non-hydrogen) atoms. The average Bonchev–Trinajstić information content (AvgIpc) is 2.84. The predicted octanol–water partition coefficient (Wildman–Crippen LogP) is 2.46. The lowest BCUT2D eigenvalue weighted by molar-refractivity contribution is 0.789. The third-order valence-corrected chi connectivity index (χ3v) is 4.36. The van der Waals surface area contributed by atoms with Crippen molar-refractivity contribution in [3.8, 4) is 6.07 Å². The summed E-state index contributed by atoms with van der Waals surface area (Å²) < 4.78 is 1.50. The molecule has 0 radical (unpaired) electrons. The molecule has 5 nitrogen and oxygen atoms in total. The summed E-state index contributed by atoms with van der Waals surface area (Å²) in [6, 6.07) is 3.92. The lowest BCUT2D eigenvalue weighted by atomic mass is 10.3. The number of thioether (sulfide) groups is 1. The monoisotopic (exact) mass is 261 g/mol. The molecule has 0 unspecified atom stereocenters. The van der Waals surface area contributed by atoms with Gasteiger partial charge < -0.3 is 5.73 Å². The van der Waals surface area contributed by atoms with Crippen molar-refractivity contribution in [2.45, 2.75) is 37.0 Å². The molecule has 0 saturated carbocycles. The van der Waals surface area contributed by atoms with E-state index in [1.54, 1.807) is 24.0 Å². The van der Waals surface area contributed by atoms with E-state index < -0.39 is 0 Å². The second kappa shape index (κ2) is 5.27. The Morgan fingerprint density at radius 2 is 2.22 bits per heavy atom. The molecule has 2 N–H and O–H groups in total. The fourth-order valence-corrected chi connectivity index (χ4v) is 2.81. The van der Waals surface area contributed by atoms with Crippen molar-refractivity contribution in [3.05, 3.63) is 17.8 Å². The number of fused-ring (bicyclic) bond motifs is 1. The number of nitriles is 1. The Morgan fingerprint density at radius 3 is 2.83 bits per heavy atom. The van der Waals surface area contributed by atoms with Gasteiger partial charge in [-0.25, -0.2) is 4.98 Å². The highest BCUT2D eigenvalue weighted by Gasteiger charge is 2.16. The smallest absolute Gasteiger partial charge is 0.158 e. The molecule has 0 saturated heterocycles. The summed E-state index contributed by atoms with van der Waals surface area (Å²) in [5, 5.41) is 14.4. The first-order chi connectivity index (χ1) is 8.71. The summed E-state index contributed by atoms with van der Waals surface area (Å²) >= 11 is 1.62. The van der Waals surface area contributed by atoms with Gasteiger partial charge >= 0.3 is 0 Å². The number of rotatable bonds is 4. The number of hydrogen-bond donors (Lipinski definition) is 1. The van der Waals surface area contributed by atoms with E-state index in [1.165, 1.54) is 4.52 Å². The van der Waals surface area contributed by atoms with Crippen LogP contribution in [0.25, 0.3) is 5.65 Å². The number of aromatic nitrogens is 3. The third-order valence-electron chi connectivity index (χ3n) is 2.84. The summed E-state index contributed by atoms with van der Waals surface area (Å²) in [5.41, 5.74) is 7.06. The molecule has 2 aromatic rings. The van der Waals surface area contributed by atoms with Crippen LogP contribution >= 0.6 is 11.8 Å². The van der Waals surface area contributed by atoms with Gasteiger partial charge in [-0.15, -0.1) is 11.8 Å². The second-order valence-corrected chi connectivity index (χ2v) is 5.24. The van der Waals surface area contributed by atoms with E-state index in [2.05, 4.69) is 30.0 Å². The van der Waals surface area contributed by atoms with E-state index in [0.717, 1.165) is 12.8 Å². The Balaban J connectivity index is 2.52. The third kappa shape index (κ3) is 2.14. The normalized spacial score (nSPS) is 11.0. The summed E-state index contributed by atoms with van der Waals surface area (Å²) in [7, 11) is 0. The zero-order chi connectivity index (χ0) is 13.1. The van der Waals surface area contributed by atoms with Crippen LogP contribution < -0.4 is 5.73 Å². The Bertz CT molecular complexity index is 594. The van der Waals surface area contributed by atoms with Gasteiger partial charge in [-0.3, -0.25) is 0 Å². The van der Waals surface area contributed by atoms with Gasteiger partial charge in [0, 0.05) is 11.3 Å². The summed E-state index contributed by atoms with van der Waals surface area (Å²) in [5.74, 6) is 0.362. The minimum absolute atomic E-state index is 0.362. The number of nitrogen functional groups attached to an aromatic ring is 1. The van der Waals surface area contributed by atoms with Gasteiger partial charge in [0.15, 0.2) is 5.65 Å². The quantitative estimate of drug-likeness (QED) is 0.675. The standard InChI is InChI=1S/C12H15N5S/c1-3-8(4-2)18-12-9(7-13)11(14)17-10(16-12)5-6-15-17/h5-6,8H,3-4,14H2,1-2H3. The molecular weight excluding hydrogens is 246 g/mol. The van der Waals surface area contributed by atoms with E-state index in [4.69, 9.17) is 5.73 Å². The Kier molecular flexibility index (Phi) is 3.72. The molecule has 2 heterocycles. The van der Waals surface area contributed by atoms with E-state index in [0.29, 0.717) is 27.3 Å². The largest absolute Gasteiger partial charge is 0.382 e. The van der Waals surface area contributed by atoms with Crippen LogP contribution in [0.3, 0.4) is 0 Å². The van der Waals surface area contributed by atoms with Crippen molar-refractivity contribution in [1.82, 2.24) is 14.6 Å². The zero-order valence-electron chi connectivity index (χ0n) is 10.4. The van der Waals surface area contributed by atoms with E-state index in [-0.39, 0.29) is 0 Å².